The highest BCUT2D eigenvalue weighted by atomic mass is 16.5. The molecule has 1 aliphatic rings. The maximum Gasteiger partial charge on any atom is 0.359 e. The Morgan fingerprint density at radius 2 is 2.07 bits per heavy atom. The van der Waals surface area contributed by atoms with Crippen molar-refractivity contribution in [2.24, 2.45) is 0 Å². The van der Waals surface area contributed by atoms with Crippen LogP contribution in [0, 0.1) is 6.92 Å². The number of pyridine rings is 1. The van der Waals surface area contributed by atoms with Crippen LogP contribution in [-0.2, 0) is 9.53 Å². The average Bonchev–Trinajstić information content (AvgIpc) is 3.14. The number of nitrogens with zero attached hydrogens (tertiary/aromatic N) is 2. The second-order valence-corrected chi connectivity index (χ2v) is 6.81. The van der Waals surface area contributed by atoms with Gasteiger partial charge in [-0.25, -0.2) is 9.78 Å². The fourth-order valence-electron chi connectivity index (χ4n) is 3.30. The number of carbonyl (C=O) groups is 2. The van der Waals surface area contributed by atoms with E-state index < -0.39 is 12.1 Å². The minimum Gasteiger partial charge on any atom is -0.493 e. The van der Waals surface area contributed by atoms with Gasteiger partial charge in [0, 0.05) is 23.9 Å². The molecule has 3 heterocycles. The molecule has 1 aliphatic heterocycles. The molecule has 0 radical (unpaired) electrons. The van der Waals surface area contributed by atoms with Gasteiger partial charge in [-0.2, -0.15) is 0 Å². The number of hydrogen-bond donors (Lipinski definition) is 1. The van der Waals surface area contributed by atoms with Gasteiger partial charge in [0.25, 0.3) is 5.91 Å². The molecule has 2 atom stereocenters. The van der Waals surface area contributed by atoms with E-state index in [0.29, 0.717) is 18.7 Å². The number of imidazole rings is 1. The van der Waals surface area contributed by atoms with E-state index in [2.05, 4.69) is 10.3 Å². The third kappa shape index (κ3) is 3.43. The summed E-state index contributed by atoms with van der Waals surface area (Å²) in [5.41, 5.74) is 2.71. The molecule has 4 rings (SSSR count). The van der Waals surface area contributed by atoms with Crippen LogP contribution >= 0.6 is 0 Å². The van der Waals surface area contributed by atoms with Crippen molar-refractivity contribution in [2.45, 2.75) is 32.4 Å². The Hall–Kier alpha value is -3.35. The fourth-order valence-corrected chi connectivity index (χ4v) is 3.30. The Balaban J connectivity index is 1.43. The standard InChI is InChI=1S/C21H21N3O4/c1-13-6-5-9-19-22-17(12-24(13)19)21(26)28-14(2)20(25)23-16-10-11-27-18-8-4-3-7-15(16)18/h3-9,12,14,16H,10-11H2,1-2H3,(H,23,25)/t14-,16-/m1/s1. The minimum atomic E-state index is -0.937. The number of amides is 1. The largest absolute Gasteiger partial charge is 0.493 e. The Labute approximate surface area is 162 Å². The molecule has 28 heavy (non-hydrogen) atoms. The van der Waals surface area contributed by atoms with Crippen LogP contribution in [-0.4, -0.2) is 34.0 Å². The number of carbonyl (C=O) groups excluding carboxylic acids is 2. The van der Waals surface area contributed by atoms with E-state index in [1.807, 2.05) is 49.4 Å². The number of ether oxygens (including phenoxy) is 2. The second-order valence-electron chi connectivity index (χ2n) is 6.81. The number of rotatable bonds is 4. The number of esters is 1. The van der Waals surface area contributed by atoms with Crippen LogP contribution in [0.4, 0.5) is 0 Å². The van der Waals surface area contributed by atoms with Crippen LogP contribution in [0.25, 0.3) is 5.65 Å². The van der Waals surface area contributed by atoms with Crippen molar-refractivity contribution in [3.63, 3.8) is 0 Å². The van der Waals surface area contributed by atoms with Crippen LogP contribution < -0.4 is 10.1 Å². The molecule has 0 fully saturated rings. The smallest absolute Gasteiger partial charge is 0.359 e. The molecule has 0 saturated heterocycles. The van der Waals surface area contributed by atoms with Crippen molar-refractivity contribution in [1.29, 1.82) is 0 Å². The number of aryl methyl sites for hydroxylation is 1. The third-order valence-electron chi connectivity index (χ3n) is 4.83. The molecule has 7 nitrogen and oxygen atoms in total. The van der Waals surface area contributed by atoms with Gasteiger partial charge in [-0.3, -0.25) is 4.79 Å². The highest BCUT2D eigenvalue weighted by Gasteiger charge is 2.27. The number of nitrogens with one attached hydrogen (secondary N) is 1. The van der Waals surface area contributed by atoms with Crippen molar-refractivity contribution >= 4 is 17.5 Å². The number of hydrogen-bond acceptors (Lipinski definition) is 5. The van der Waals surface area contributed by atoms with Crippen molar-refractivity contribution < 1.29 is 19.1 Å². The molecule has 0 bridgehead atoms. The molecular weight excluding hydrogens is 358 g/mol. The van der Waals surface area contributed by atoms with Gasteiger partial charge in [0.05, 0.1) is 12.6 Å². The maximum absolute atomic E-state index is 12.6. The summed E-state index contributed by atoms with van der Waals surface area (Å²) >= 11 is 0. The molecule has 0 aliphatic carbocycles. The molecule has 0 saturated carbocycles. The first kappa shape index (κ1) is 18.0. The third-order valence-corrected chi connectivity index (χ3v) is 4.83. The first-order chi connectivity index (χ1) is 13.5. The van der Waals surface area contributed by atoms with Gasteiger partial charge < -0.3 is 19.2 Å². The maximum atomic E-state index is 12.6. The summed E-state index contributed by atoms with van der Waals surface area (Å²) in [5.74, 6) is -0.211. The lowest BCUT2D eigenvalue weighted by molar-refractivity contribution is -0.130. The SMILES string of the molecule is Cc1cccc2nc(C(=O)O[C@H](C)C(=O)N[C@@H]3CCOc4ccccc43)cn12. The van der Waals surface area contributed by atoms with Gasteiger partial charge in [-0.05, 0) is 32.0 Å². The second kappa shape index (κ2) is 7.34. The number of para-hydroxylation sites is 1. The predicted molar refractivity (Wildman–Crippen MR) is 102 cm³/mol. The van der Waals surface area contributed by atoms with E-state index >= 15 is 0 Å². The lowest BCUT2D eigenvalue weighted by Crippen LogP contribution is -2.39. The Morgan fingerprint density at radius 3 is 2.89 bits per heavy atom. The molecule has 0 unspecified atom stereocenters. The van der Waals surface area contributed by atoms with Crippen LogP contribution in [0.1, 0.15) is 41.1 Å². The summed E-state index contributed by atoms with van der Waals surface area (Å²) in [6, 6.07) is 13.0. The molecule has 1 amide bonds. The van der Waals surface area contributed by atoms with Gasteiger partial charge in [-0.15, -0.1) is 0 Å². The van der Waals surface area contributed by atoms with Crippen molar-refractivity contribution in [1.82, 2.24) is 14.7 Å². The highest BCUT2D eigenvalue weighted by molar-refractivity contribution is 5.91. The van der Waals surface area contributed by atoms with E-state index in [-0.39, 0.29) is 17.6 Å². The van der Waals surface area contributed by atoms with Crippen molar-refractivity contribution in [3.05, 3.63) is 65.6 Å². The van der Waals surface area contributed by atoms with E-state index in [1.165, 1.54) is 0 Å². The molecule has 1 aromatic carbocycles. The zero-order valence-corrected chi connectivity index (χ0v) is 15.7. The summed E-state index contributed by atoms with van der Waals surface area (Å²) in [6.07, 6.45) is 1.34. The molecule has 3 aromatic rings. The van der Waals surface area contributed by atoms with Gasteiger partial charge in [0.15, 0.2) is 11.8 Å². The van der Waals surface area contributed by atoms with E-state index in [0.717, 1.165) is 17.0 Å². The first-order valence-corrected chi connectivity index (χ1v) is 9.21. The predicted octanol–water partition coefficient (Wildman–Crippen LogP) is 2.83. The fraction of sp³-hybridized carbons (Fsp3) is 0.286. The van der Waals surface area contributed by atoms with Gasteiger partial charge in [-0.1, -0.05) is 24.3 Å². The van der Waals surface area contributed by atoms with Crippen LogP contribution in [0.3, 0.4) is 0 Å². The summed E-state index contributed by atoms with van der Waals surface area (Å²) in [5, 5.41) is 2.95. The quantitative estimate of drug-likeness (QED) is 0.705. The summed E-state index contributed by atoms with van der Waals surface area (Å²) in [4.78, 5) is 29.3. The van der Waals surface area contributed by atoms with Crippen LogP contribution in [0.15, 0.2) is 48.7 Å². The van der Waals surface area contributed by atoms with Crippen molar-refractivity contribution in [3.8, 4) is 5.75 Å². The lowest BCUT2D eigenvalue weighted by Gasteiger charge is -2.27. The molecule has 0 spiro atoms. The van der Waals surface area contributed by atoms with Crippen LogP contribution in [0.5, 0.6) is 5.75 Å². The summed E-state index contributed by atoms with van der Waals surface area (Å²) < 4.78 is 12.8. The van der Waals surface area contributed by atoms with Gasteiger partial charge in [0.1, 0.15) is 11.4 Å². The highest BCUT2D eigenvalue weighted by Crippen LogP contribution is 2.31. The molecule has 144 valence electrons. The minimum absolute atomic E-state index is 0.170. The Morgan fingerprint density at radius 1 is 1.25 bits per heavy atom. The zero-order chi connectivity index (χ0) is 19.7. The zero-order valence-electron chi connectivity index (χ0n) is 15.7. The number of aromatic nitrogens is 2. The van der Waals surface area contributed by atoms with E-state index in [1.54, 1.807) is 17.5 Å². The average molecular weight is 379 g/mol. The van der Waals surface area contributed by atoms with Gasteiger partial charge in [0.2, 0.25) is 0 Å². The van der Waals surface area contributed by atoms with Crippen LogP contribution in [0.2, 0.25) is 0 Å². The Bertz CT molecular complexity index is 1040. The molecular formula is C21H21N3O4. The normalized spacial score (nSPS) is 16.7. The topological polar surface area (TPSA) is 81.9 Å². The summed E-state index contributed by atoms with van der Waals surface area (Å²) in [6.45, 7) is 4.00. The number of fused-ring (bicyclic) bond motifs is 2. The Kier molecular flexibility index (Phi) is 4.73. The number of benzene rings is 1. The van der Waals surface area contributed by atoms with E-state index in [9.17, 15) is 9.59 Å². The summed E-state index contributed by atoms with van der Waals surface area (Å²) in [7, 11) is 0. The molecule has 2 aromatic heterocycles. The van der Waals surface area contributed by atoms with Crippen molar-refractivity contribution in [2.75, 3.05) is 6.61 Å². The first-order valence-electron chi connectivity index (χ1n) is 9.21. The van der Waals surface area contributed by atoms with E-state index in [4.69, 9.17) is 9.47 Å². The molecule has 7 heteroatoms. The monoisotopic (exact) mass is 379 g/mol. The van der Waals surface area contributed by atoms with Gasteiger partial charge >= 0.3 is 5.97 Å². The molecule has 1 N–H and O–H groups in total. The lowest BCUT2D eigenvalue weighted by atomic mass is 10.0.